The maximum absolute atomic E-state index is 12.5. The number of aryl methyl sites for hydroxylation is 1. The Labute approximate surface area is 213 Å². The number of carbonyl (C=O) groups excluding carboxylic acids is 2. The van der Waals surface area contributed by atoms with E-state index in [1.54, 1.807) is 4.90 Å². The molecule has 0 aliphatic rings. The molecule has 36 heavy (non-hydrogen) atoms. The van der Waals surface area contributed by atoms with E-state index in [0.29, 0.717) is 32.6 Å². The first-order chi connectivity index (χ1) is 17.5. The Hall–Kier alpha value is -3.80. The molecule has 0 spiro atoms. The maximum Gasteiger partial charge on any atom is 0.305 e. The highest BCUT2D eigenvalue weighted by atomic mass is 16.5. The lowest BCUT2D eigenvalue weighted by Gasteiger charge is -2.17. The van der Waals surface area contributed by atoms with Crippen LogP contribution in [0.4, 0.5) is 0 Å². The molecule has 0 aliphatic heterocycles. The van der Waals surface area contributed by atoms with Gasteiger partial charge in [0.1, 0.15) is 24.7 Å². The van der Waals surface area contributed by atoms with Crippen LogP contribution in [0.15, 0.2) is 78.9 Å². The van der Waals surface area contributed by atoms with Gasteiger partial charge in [0, 0.05) is 20.0 Å². The molecule has 6 heteroatoms. The Morgan fingerprint density at radius 2 is 1.28 bits per heavy atom. The molecule has 0 aliphatic carbocycles. The highest BCUT2D eigenvalue weighted by Gasteiger charge is 2.10. The molecule has 0 radical (unpaired) electrons. The van der Waals surface area contributed by atoms with Crippen LogP contribution in [0.25, 0.3) is 0 Å². The van der Waals surface area contributed by atoms with Crippen molar-refractivity contribution in [3.05, 3.63) is 95.6 Å². The van der Waals surface area contributed by atoms with Crippen molar-refractivity contribution in [2.45, 2.75) is 32.1 Å². The number of rotatable bonds is 14. The van der Waals surface area contributed by atoms with Gasteiger partial charge in [0.15, 0.2) is 0 Å². The molecule has 0 fully saturated rings. The summed E-state index contributed by atoms with van der Waals surface area (Å²) >= 11 is 0. The first-order valence-corrected chi connectivity index (χ1v) is 12.3. The molecule has 0 saturated carbocycles. The van der Waals surface area contributed by atoms with Gasteiger partial charge in [-0.1, -0.05) is 54.6 Å². The van der Waals surface area contributed by atoms with Crippen molar-refractivity contribution < 1.29 is 23.8 Å². The molecule has 0 heterocycles. The molecular formula is C30H35NO5. The van der Waals surface area contributed by atoms with E-state index >= 15 is 0 Å². The van der Waals surface area contributed by atoms with Gasteiger partial charge in [-0.05, 0) is 60.2 Å². The SMILES string of the molecule is COC(=O)CCCc1ccc(OCCOc2ccc(CC(=O)N(C)CCc3ccccc3)cc2)cc1. The fourth-order valence-corrected chi connectivity index (χ4v) is 3.69. The molecule has 0 bridgehead atoms. The van der Waals surface area contributed by atoms with Crippen molar-refractivity contribution in [3.63, 3.8) is 0 Å². The lowest BCUT2D eigenvalue weighted by Crippen LogP contribution is -2.30. The Morgan fingerprint density at radius 3 is 1.86 bits per heavy atom. The van der Waals surface area contributed by atoms with Crippen molar-refractivity contribution in [1.82, 2.24) is 4.90 Å². The number of benzene rings is 3. The fraction of sp³-hybridized carbons (Fsp3) is 0.333. The summed E-state index contributed by atoms with van der Waals surface area (Å²) in [6, 6.07) is 25.7. The fourth-order valence-electron chi connectivity index (χ4n) is 3.69. The minimum Gasteiger partial charge on any atom is -0.490 e. The molecule has 3 rings (SSSR count). The number of nitrogens with zero attached hydrogens (tertiary/aromatic N) is 1. The van der Waals surface area contributed by atoms with Gasteiger partial charge in [0.2, 0.25) is 5.91 Å². The maximum atomic E-state index is 12.5. The molecule has 3 aromatic rings. The molecule has 0 atom stereocenters. The number of methoxy groups -OCH3 is 1. The van der Waals surface area contributed by atoms with Gasteiger partial charge in [-0.25, -0.2) is 0 Å². The van der Waals surface area contributed by atoms with Gasteiger partial charge >= 0.3 is 5.97 Å². The van der Waals surface area contributed by atoms with Crippen molar-refractivity contribution in [2.75, 3.05) is 33.9 Å². The molecule has 0 saturated heterocycles. The number of hydrogen-bond donors (Lipinski definition) is 0. The average Bonchev–Trinajstić information content (AvgIpc) is 2.91. The van der Waals surface area contributed by atoms with Crippen LogP contribution in [0, 0.1) is 0 Å². The van der Waals surface area contributed by atoms with Gasteiger partial charge < -0.3 is 19.1 Å². The monoisotopic (exact) mass is 489 g/mol. The minimum atomic E-state index is -0.180. The van der Waals surface area contributed by atoms with E-state index in [1.807, 2.05) is 73.8 Å². The van der Waals surface area contributed by atoms with Gasteiger partial charge in [-0.2, -0.15) is 0 Å². The summed E-state index contributed by atoms with van der Waals surface area (Å²) < 4.78 is 16.2. The zero-order valence-corrected chi connectivity index (χ0v) is 21.2. The van der Waals surface area contributed by atoms with E-state index in [2.05, 4.69) is 16.9 Å². The van der Waals surface area contributed by atoms with Crippen molar-refractivity contribution in [2.24, 2.45) is 0 Å². The Balaban J connectivity index is 1.32. The van der Waals surface area contributed by atoms with Crippen LogP contribution in [0.3, 0.4) is 0 Å². The van der Waals surface area contributed by atoms with Crippen molar-refractivity contribution in [3.8, 4) is 11.5 Å². The zero-order chi connectivity index (χ0) is 25.6. The van der Waals surface area contributed by atoms with Crippen LogP contribution in [0.1, 0.15) is 29.5 Å². The van der Waals surface area contributed by atoms with E-state index in [9.17, 15) is 9.59 Å². The summed E-state index contributed by atoms with van der Waals surface area (Å²) in [6.07, 6.45) is 3.23. The number of hydrogen-bond acceptors (Lipinski definition) is 5. The number of esters is 1. The first-order valence-electron chi connectivity index (χ1n) is 12.3. The standard InChI is InChI=1S/C30H35NO5/c1-31(20-19-24-7-4-3-5-8-24)29(32)23-26-13-17-28(18-14-26)36-22-21-35-27-15-11-25(12-16-27)9-6-10-30(33)34-2/h3-5,7-8,11-18H,6,9-10,19-23H2,1-2H3. The van der Waals surface area contributed by atoms with Crippen LogP contribution in [0.5, 0.6) is 11.5 Å². The second-order valence-electron chi connectivity index (χ2n) is 8.64. The normalized spacial score (nSPS) is 10.5. The third-order valence-corrected chi connectivity index (χ3v) is 5.90. The Kier molecular flexibility index (Phi) is 10.8. The summed E-state index contributed by atoms with van der Waals surface area (Å²) in [7, 11) is 3.26. The van der Waals surface area contributed by atoms with Crippen LogP contribution >= 0.6 is 0 Å². The van der Waals surface area contributed by atoms with Crippen LogP contribution in [0.2, 0.25) is 0 Å². The molecule has 190 valence electrons. The number of likely N-dealkylation sites (N-methyl/N-ethyl adjacent to an activating group) is 1. The second kappa shape index (κ2) is 14.6. The van der Waals surface area contributed by atoms with E-state index in [4.69, 9.17) is 9.47 Å². The minimum absolute atomic E-state index is 0.0995. The van der Waals surface area contributed by atoms with E-state index in [1.165, 1.54) is 12.7 Å². The first kappa shape index (κ1) is 26.8. The largest absolute Gasteiger partial charge is 0.490 e. The molecule has 0 aromatic heterocycles. The molecule has 6 nitrogen and oxygen atoms in total. The summed E-state index contributed by atoms with van der Waals surface area (Å²) in [5, 5.41) is 0. The number of carbonyl (C=O) groups is 2. The second-order valence-corrected chi connectivity index (χ2v) is 8.64. The topological polar surface area (TPSA) is 65.1 Å². The molecule has 0 unspecified atom stereocenters. The molecule has 0 N–H and O–H groups in total. The van der Waals surface area contributed by atoms with Crippen molar-refractivity contribution >= 4 is 11.9 Å². The highest BCUT2D eigenvalue weighted by Crippen LogP contribution is 2.16. The molecular weight excluding hydrogens is 454 g/mol. The van der Waals surface area contributed by atoms with Gasteiger partial charge in [-0.15, -0.1) is 0 Å². The smallest absolute Gasteiger partial charge is 0.305 e. The molecule has 1 amide bonds. The Bertz CT molecular complexity index is 1060. The van der Waals surface area contributed by atoms with Crippen LogP contribution in [-0.4, -0.2) is 50.7 Å². The van der Waals surface area contributed by atoms with Crippen molar-refractivity contribution in [1.29, 1.82) is 0 Å². The van der Waals surface area contributed by atoms with E-state index < -0.39 is 0 Å². The Morgan fingerprint density at radius 1 is 0.722 bits per heavy atom. The quantitative estimate of drug-likeness (QED) is 0.238. The van der Waals surface area contributed by atoms with E-state index in [0.717, 1.165) is 41.9 Å². The predicted octanol–water partition coefficient (Wildman–Crippen LogP) is 4.88. The average molecular weight is 490 g/mol. The van der Waals surface area contributed by atoms with Crippen LogP contribution < -0.4 is 9.47 Å². The summed E-state index contributed by atoms with van der Waals surface area (Å²) in [5.41, 5.74) is 3.34. The predicted molar refractivity (Wildman–Crippen MR) is 140 cm³/mol. The highest BCUT2D eigenvalue weighted by molar-refractivity contribution is 5.78. The lowest BCUT2D eigenvalue weighted by atomic mass is 10.1. The third-order valence-electron chi connectivity index (χ3n) is 5.90. The number of amides is 1. The summed E-state index contributed by atoms with van der Waals surface area (Å²) in [4.78, 5) is 25.5. The third kappa shape index (κ3) is 9.45. The zero-order valence-electron chi connectivity index (χ0n) is 21.2. The van der Waals surface area contributed by atoms with Gasteiger partial charge in [0.25, 0.3) is 0 Å². The number of ether oxygens (including phenoxy) is 3. The van der Waals surface area contributed by atoms with Gasteiger partial charge in [-0.3, -0.25) is 9.59 Å². The van der Waals surface area contributed by atoms with E-state index in [-0.39, 0.29) is 11.9 Å². The summed E-state index contributed by atoms with van der Waals surface area (Å²) in [6.45, 7) is 1.54. The lowest BCUT2D eigenvalue weighted by molar-refractivity contribution is -0.140. The van der Waals surface area contributed by atoms with Gasteiger partial charge in [0.05, 0.1) is 13.5 Å². The summed E-state index contributed by atoms with van der Waals surface area (Å²) in [5.74, 6) is 1.44. The molecule has 3 aromatic carbocycles. The van der Waals surface area contributed by atoms with Crippen LogP contribution in [-0.2, 0) is 33.6 Å².